The molecule has 12 heavy (non-hydrogen) atoms. The maximum absolute atomic E-state index is 9.37. The Balaban J connectivity index is 1.85. The summed E-state index contributed by atoms with van der Waals surface area (Å²) < 4.78 is 0. The molecular weight excluding hydrogens is 152 g/mol. The Kier molecular flexibility index (Phi) is 2.35. The Hall–Kier alpha value is -0.120. The first-order chi connectivity index (χ1) is 5.75. The van der Waals surface area contributed by atoms with E-state index in [9.17, 15) is 5.11 Å². The Morgan fingerprint density at radius 3 is 2.50 bits per heavy atom. The van der Waals surface area contributed by atoms with E-state index in [4.69, 9.17) is 0 Å². The lowest BCUT2D eigenvalue weighted by Gasteiger charge is -2.22. The molecule has 0 aromatic carbocycles. The highest BCUT2D eigenvalue weighted by Crippen LogP contribution is 2.19. The molecule has 2 aliphatic rings. The van der Waals surface area contributed by atoms with E-state index in [1.807, 2.05) is 0 Å². The molecule has 0 aliphatic carbocycles. The number of β-amino-alcohol motifs (C(OH)–C–C–N with tert-alkyl or cyclic N) is 1. The number of aliphatic hydroxyl groups excluding tert-OH is 1. The highest BCUT2D eigenvalue weighted by molar-refractivity contribution is 4.86. The summed E-state index contributed by atoms with van der Waals surface area (Å²) in [4.78, 5) is 4.81. The lowest BCUT2D eigenvalue weighted by molar-refractivity contribution is 0.160. The largest absolute Gasteiger partial charge is 0.392 e. The fourth-order valence-electron chi connectivity index (χ4n) is 2.31. The Bertz CT molecular complexity index is 145. The quantitative estimate of drug-likeness (QED) is 0.588. The zero-order chi connectivity index (χ0) is 8.55. The van der Waals surface area contributed by atoms with Crippen LogP contribution in [0.4, 0.5) is 0 Å². The first kappa shape index (κ1) is 8.48. The molecule has 0 radical (unpaired) electrons. The first-order valence-corrected chi connectivity index (χ1v) is 4.86. The fraction of sp³-hybridized carbons (Fsp3) is 1.00. The minimum atomic E-state index is -0.0593. The molecule has 0 amide bonds. The third kappa shape index (κ3) is 1.63. The van der Waals surface area contributed by atoms with Gasteiger partial charge in [-0.05, 0) is 26.4 Å². The zero-order valence-electron chi connectivity index (χ0n) is 7.74. The van der Waals surface area contributed by atoms with E-state index in [0.29, 0.717) is 6.04 Å². The topological polar surface area (TPSA) is 26.7 Å². The van der Waals surface area contributed by atoms with Gasteiger partial charge in [0.25, 0.3) is 0 Å². The standard InChI is InChI=1S/C9H18N2O/c1-10-4-2-8(6-10)11-5-3-9(12)7-11/h8-9,12H,2-7H2,1H3/t8?,9-/m0/s1. The molecule has 1 N–H and O–H groups in total. The van der Waals surface area contributed by atoms with Crippen LogP contribution in [0.3, 0.4) is 0 Å². The van der Waals surface area contributed by atoms with Gasteiger partial charge in [0, 0.05) is 25.7 Å². The molecule has 2 rings (SSSR count). The Morgan fingerprint density at radius 2 is 2.00 bits per heavy atom. The monoisotopic (exact) mass is 170 g/mol. The van der Waals surface area contributed by atoms with Crippen molar-refractivity contribution in [3.8, 4) is 0 Å². The number of hydrogen-bond donors (Lipinski definition) is 1. The van der Waals surface area contributed by atoms with Crippen molar-refractivity contribution in [3.63, 3.8) is 0 Å². The van der Waals surface area contributed by atoms with Gasteiger partial charge in [-0.15, -0.1) is 0 Å². The van der Waals surface area contributed by atoms with E-state index < -0.39 is 0 Å². The number of hydrogen-bond acceptors (Lipinski definition) is 3. The molecule has 1 unspecified atom stereocenters. The minimum absolute atomic E-state index is 0.0593. The van der Waals surface area contributed by atoms with E-state index in [0.717, 1.165) is 19.5 Å². The van der Waals surface area contributed by atoms with Gasteiger partial charge in [-0.25, -0.2) is 0 Å². The van der Waals surface area contributed by atoms with Crippen LogP contribution in [-0.2, 0) is 0 Å². The minimum Gasteiger partial charge on any atom is -0.392 e. The number of rotatable bonds is 1. The molecule has 2 atom stereocenters. The summed E-state index contributed by atoms with van der Waals surface area (Å²) in [5.41, 5.74) is 0. The highest BCUT2D eigenvalue weighted by atomic mass is 16.3. The number of likely N-dealkylation sites (N-methyl/N-ethyl adjacent to an activating group) is 1. The number of nitrogens with zero attached hydrogens (tertiary/aromatic N) is 2. The average molecular weight is 170 g/mol. The predicted molar refractivity (Wildman–Crippen MR) is 48.1 cm³/mol. The smallest absolute Gasteiger partial charge is 0.0679 e. The molecule has 3 heteroatoms. The van der Waals surface area contributed by atoms with Crippen molar-refractivity contribution in [2.45, 2.75) is 25.0 Å². The van der Waals surface area contributed by atoms with Crippen molar-refractivity contribution < 1.29 is 5.11 Å². The molecule has 0 aromatic rings. The third-order valence-electron chi connectivity index (χ3n) is 3.08. The molecule has 0 saturated carbocycles. The van der Waals surface area contributed by atoms with E-state index in [2.05, 4.69) is 16.8 Å². The number of aliphatic hydroxyl groups is 1. The molecule has 0 aromatic heterocycles. The normalized spacial score (nSPS) is 39.5. The van der Waals surface area contributed by atoms with E-state index in [-0.39, 0.29) is 6.10 Å². The van der Waals surface area contributed by atoms with Gasteiger partial charge in [-0.1, -0.05) is 0 Å². The fourth-order valence-corrected chi connectivity index (χ4v) is 2.31. The second-order valence-corrected chi connectivity index (χ2v) is 4.14. The predicted octanol–water partition coefficient (Wildman–Crippen LogP) is -0.243. The van der Waals surface area contributed by atoms with Crippen molar-refractivity contribution in [1.29, 1.82) is 0 Å². The van der Waals surface area contributed by atoms with Gasteiger partial charge in [0.2, 0.25) is 0 Å². The lowest BCUT2D eigenvalue weighted by Crippen LogP contribution is -2.35. The van der Waals surface area contributed by atoms with E-state index in [1.54, 1.807) is 0 Å². The summed E-state index contributed by atoms with van der Waals surface area (Å²) in [7, 11) is 2.17. The molecule has 0 spiro atoms. The van der Waals surface area contributed by atoms with Gasteiger partial charge in [-0.3, -0.25) is 4.90 Å². The first-order valence-electron chi connectivity index (χ1n) is 4.86. The summed E-state index contributed by atoms with van der Waals surface area (Å²) in [5.74, 6) is 0. The van der Waals surface area contributed by atoms with Crippen molar-refractivity contribution >= 4 is 0 Å². The second-order valence-electron chi connectivity index (χ2n) is 4.14. The van der Waals surface area contributed by atoms with Crippen LogP contribution < -0.4 is 0 Å². The molecule has 0 bridgehead atoms. The maximum atomic E-state index is 9.37. The molecule has 2 heterocycles. The van der Waals surface area contributed by atoms with Gasteiger partial charge >= 0.3 is 0 Å². The summed E-state index contributed by atoms with van der Waals surface area (Å²) in [6, 6.07) is 0.715. The van der Waals surface area contributed by atoms with Gasteiger partial charge < -0.3 is 10.0 Å². The average Bonchev–Trinajstić information content (AvgIpc) is 2.58. The van der Waals surface area contributed by atoms with E-state index in [1.165, 1.54) is 19.5 Å². The summed E-state index contributed by atoms with van der Waals surface area (Å²) in [6.07, 6.45) is 2.19. The molecule has 2 saturated heterocycles. The van der Waals surface area contributed by atoms with Crippen LogP contribution in [-0.4, -0.2) is 60.3 Å². The van der Waals surface area contributed by atoms with Crippen LogP contribution in [0.2, 0.25) is 0 Å². The van der Waals surface area contributed by atoms with Crippen molar-refractivity contribution in [3.05, 3.63) is 0 Å². The van der Waals surface area contributed by atoms with Gasteiger partial charge in [0.1, 0.15) is 0 Å². The Labute approximate surface area is 74.0 Å². The summed E-state index contributed by atoms with van der Waals surface area (Å²) in [5, 5.41) is 9.37. The number of likely N-dealkylation sites (tertiary alicyclic amines) is 2. The van der Waals surface area contributed by atoms with Crippen LogP contribution in [0.15, 0.2) is 0 Å². The molecule has 2 fully saturated rings. The van der Waals surface area contributed by atoms with Crippen LogP contribution in [0, 0.1) is 0 Å². The zero-order valence-corrected chi connectivity index (χ0v) is 7.74. The second kappa shape index (κ2) is 3.32. The van der Waals surface area contributed by atoms with Gasteiger partial charge in [0.15, 0.2) is 0 Å². The summed E-state index contributed by atoms with van der Waals surface area (Å²) in [6.45, 7) is 4.40. The van der Waals surface area contributed by atoms with Gasteiger partial charge in [0.05, 0.1) is 6.10 Å². The van der Waals surface area contributed by atoms with Crippen LogP contribution >= 0.6 is 0 Å². The molecule has 70 valence electrons. The van der Waals surface area contributed by atoms with Crippen LogP contribution in [0.5, 0.6) is 0 Å². The SMILES string of the molecule is CN1CCC(N2CC[C@H](O)C2)C1. The van der Waals surface area contributed by atoms with Crippen LogP contribution in [0.25, 0.3) is 0 Å². The lowest BCUT2D eigenvalue weighted by atomic mass is 10.2. The van der Waals surface area contributed by atoms with Crippen LogP contribution in [0.1, 0.15) is 12.8 Å². The molecule has 2 aliphatic heterocycles. The Morgan fingerprint density at radius 1 is 1.17 bits per heavy atom. The van der Waals surface area contributed by atoms with Crippen molar-refractivity contribution in [2.24, 2.45) is 0 Å². The maximum Gasteiger partial charge on any atom is 0.0679 e. The summed E-state index contributed by atoms with van der Waals surface area (Å²) >= 11 is 0. The third-order valence-corrected chi connectivity index (χ3v) is 3.08. The van der Waals surface area contributed by atoms with E-state index >= 15 is 0 Å². The molecular formula is C9H18N2O. The molecule has 3 nitrogen and oxygen atoms in total. The van der Waals surface area contributed by atoms with Gasteiger partial charge in [-0.2, -0.15) is 0 Å². The highest BCUT2D eigenvalue weighted by Gasteiger charge is 2.30. The van der Waals surface area contributed by atoms with Crippen molar-refractivity contribution in [2.75, 3.05) is 33.2 Å². The van der Waals surface area contributed by atoms with Crippen molar-refractivity contribution in [1.82, 2.24) is 9.80 Å².